The molecular weight excluding hydrogens is 286 g/mol. The second kappa shape index (κ2) is 7.07. The molecule has 0 aliphatic carbocycles. The largest absolute Gasteiger partial charge is 0.494 e. The van der Waals surface area contributed by atoms with Crippen molar-refractivity contribution < 1.29 is 18.3 Å². The first-order chi connectivity index (χ1) is 10.5. The molecule has 2 rings (SSSR count). The van der Waals surface area contributed by atoms with Crippen molar-refractivity contribution in [1.82, 2.24) is 0 Å². The van der Waals surface area contributed by atoms with Crippen molar-refractivity contribution in [2.45, 2.75) is 12.8 Å². The number of hydrogen-bond donors (Lipinski definition) is 0. The third-order valence-electron chi connectivity index (χ3n) is 3.45. The molecule has 0 fully saturated rings. The standard InChI is InChI=1S/C18H18F2O2/c1-12(14-7-9-18(22-3)16(20)11-14)4-5-13-6-8-17(21-2)15(19)10-13/h4-12H,1-3H3/b5-4+. The number of rotatable bonds is 5. The van der Waals surface area contributed by atoms with Gasteiger partial charge in [0.15, 0.2) is 23.1 Å². The predicted octanol–water partition coefficient (Wildman–Crippen LogP) is 4.80. The van der Waals surface area contributed by atoms with Crippen LogP contribution < -0.4 is 9.47 Å². The van der Waals surface area contributed by atoms with Gasteiger partial charge in [-0.05, 0) is 41.3 Å². The Kier molecular flexibility index (Phi) is 5.15. The van der Waals surface area contributed by atoms with Gasteiger partial charge in [-0.1, -0.05) is 31.2 Å². The fourth-order valence-corrected chi connectivity index (χ4v) is 2.12. The van der Waals surface area contributed by atoms with Crippen molar-refractivity contribution in [3.63, 3.8) is 0 Å². The van der Waals surface area contributed by atoms with Gasteiger partial charge >= 0.3 is 0 Å². The lowest BCUT2D eigenvalue weighted by Gasteiger charge is -2.09. The van der Waals surface area contributed by atoms with Crippen LogP contribution in [0, 0.1) is 11.6 Å². The van der Waals surface area contributed by atoms with Crippen LogP contribution in [-0.4, -0.2) is 14.2 Å². The van der Waals surface area contributed by atoms with Gasteiger partial charge in [-0.25, -0.2) is 8.78 Å². The van der Waals surface area contributed by atoms with E-state index in [2.05, 4.69) is 0 Å². The molecule has 0 aliphatic heterocycles. The van der Waals surface area contributed by atoms with E-state index < -0.39 is 11.6 Å². The molecule has 0 amide bonds. The van der Waals surface area contributed by atoms with Crippen molar-refractivity contribution in [3.8, 4) is 11.5 Å². The highest BCUT2D eigenvalue weighted by atomic mass is 19.1. The Balaban J connectivity index is 2.15. The Morgan fingerprint density at radius 3 is 2.05 bits per heavy atom. The van der Waals surface area contributed by atoms with E-state index in [0.717, 1.165) is 11.1 Å². The highest BCUT2D eigenvalue weighted by Crippen LogP contribution is 2.25. The Hall–Kier alpha value is -2.36. The quantitative estimate of drug-likeness (QED) is 0.790. The van der Waals surface area contributed by atoms with Crippen LogP contribution in [0.1, 0.15) is 24.0 Å². The summed E-state index contributed by atoms with van der Waals surface area (Å²) in [4.78, 5) is 0. The molecule has 22 heavy (non-hydrogen) atoms. The summed E-state index contributed by atoms with van der Waals surface area (Å²) < 4.78 is 37.1. The average molecular weight is 304 g/mol. The van der Waals surface area contributed by atoms with Gasteiger partial charge < -0.3 is 9.47 Å². The van der Waals surface area contributed by atoms with Crippen LogP contribution in [0.4, 0.5) is 8.78 Å². The molecule has 2 nitrogen and oxygen atoms in total. The van der Waals surface area contributed by atoms with Crippen LogP contribution in [0.25, 0.3) is 6.08 Å². The van der Waals surface area contributed by atoms with Crippen molar-refractivity contribution in [2.24, 2.45) is 0 Å². The molecule has 4 heteroatoms. The molecular formula is C18H18F2O2. The van der Waals surface area contributed by atoms with Crippen molar-refractivity contribution >= 4 is 6.08 Å². The van der Waals surface area contributed by atoms with Crippen LogP contribution in [0.5, 0.6) is 11.5 Å². The maximum atomic E-state index is 13.7. The van der Waals surface area contributed by atoms with Gasteiger partial charge in [0.1, 0.15) is 0 Å². The van der Waals surface area contributed by atoms with Gasteiger partial charge in [0.2, 0.25) is 0 Å². The first kappa shape index (κ1) is 16.0. The van der Waals surface area contributed by atoms with Gasteiger partial charge in [0.25, 0.3) is 0 Å². The number of allylic oxidation sites excluding steroid dienone is 1. The van der Waals surface area contributed by atoms with E-state index in [0.29, 0.717) is 0 Å². The Morgan fingerprint density at radius 1 is 0.909 bits per heavy atom. The highest BCUT2D eigenvalue weighted by molar-refractivity contribution is 5.52. The summed E-state index contributed by atoms with van der Waals surface area (Å²) in [6, 6.07) is 9.60. The number of hydrogen-bond acceptors (Lipinski definition) is 2. The maximum absolute atomic E-state index is 13.7. The van der Waals surface area contributed by atoms with E-state index in [-0.39, 0.29) is 17.4 Å². The zero-order valence-corrected chi connectivity index (χ0v) is 12.8. The van der Waals surface area contributed by atoms with E-state index in [1.54, 1.807) is 24.3 Å². The van der Waals surface area contributed by atoms with E-state index in [1.165, 1.54) is 26.4 Å². The summed E-state index contributed by atoms with van der Waals surface area (Å²) in [7, 11) is 2.86. The number of methoxy groups -OCH3 is 2. The third kappa shape index (κ3) is 3.64. The second-order valence-electron chi connectivity index (χ2n) is 4.94. The fraction of sp³-hybridized carbons (Fsp3) is 0.222. The smallest absolute Gasteiger partial charge is 0.165 e. The second-order valence-corrected chi connectivity index (χ2v) is 4.94. The molecule has 0 bridgehead atoms. The van der Waals surface area contributed by atoms with Crippen LogP contribution in [0.2, 0.25) is 0 Å². The molecule has 0 aliphatic rings. The van der Waals surface area contributed by atoms with E-state index in [1.807, 2.05) is 19.1 Å². The SMILES string of the molecule is COc1ccc(/C=C/C(C)c2ccc(OC)c(F)c2)cc1F. The third-order valence-corrected chi connectivity index (χ3v) is 3.45. The van der Waals surface area contributed by atoms with Gasteiger partial charge in [-0.15, -0.1) is 0 Å². The summed E-state index contributed by atoms with van der Waals surface area (Å²) in [5.74, 6) is -0.381. The van der Waals surface area contributed by atoms with Crippen molar-refractivity contribution in [3.05, 3.63) is 65.2 Å². The van der Waals surface area contributed by atoms with Gasteiger partial charge in [0, 0.05) is 0 Å². The normalized spacial score (nSPS) is 12.4. The topological polar surface area (TPSA) is 18.5 Å². The summed E-state index contributed by atoms with van der Waals surface area (Å²) in [5, 5.41) is 0. The fourth-order valence-electron chi connectivity index (χ4n) is 2.12. The van der Waals surface area contributed by atoms with Gasteiger partial charge in [-0.2, -0.15) is 0 Å². The van der Waals surface area contributed by atoms with Crippen LogP contribution in [0.3, 0.4) is 0 Å². The summed E-state index contributed by atoms with van der Waals surface area (Å²) >= 11 is 0. The zero-order chi connectivity index (χ0) is 16.1. The molecule has 0 aromatic heterocycles. The minimum absolute atomic E-state index is 0.00873. The Labute approximate surface area is 129 Å². The van der Waals surface area contributed by atoms with E-state index in [9.17, 15) is 8.78 Å². The lowest BCUT2D eigenvalue weighted by Crippen LogP contribution is -1.94. The van der Waals surface area contributed by atoms with Gasteiger partial charge in [0.05, 0.1) is 14.2 Å². The molecule has 1 atom stereocenters. The molecule has 116 valence electrons. The molecule has 0 N–H and O–H groups in total. The lowest BCUT2D eigenvalue weighted by molar-refractivity contribution is 0.386. The average Bonchev–Trinajstić information content (AvgIpc) is 2.52. The minimum Gasteiger partial charge on any atom is -0.494 e. The lowest BCUT2D eigenvalue weighted by atomic mass is 9.99. The molecule has 2 aromatic carbocycles. The monoisotopic (exact) mass is 304 g/mol. The van der Waals surface area contributed by atoms with E-state index >= 15 is 0 Å². The summed E-state index contributed by atoms with van der Waals surface area (Å²) in [5.41, 5.74) is 1.54. The van der Waals surface area contributed by atoms with Crippen molar-refractivity contribution in [2.75, 3.05) is 14.2 Å². The van der Waals surface area contributed by atoms with E-state index in [4.69, 9.17) is 9.47 Å². The molecule has 0 saturated heterocycles. The first-order valence-electron chi connectivity index (χ1n) is 6.90. The Morgan fingerprint density at radius 2 is 1.50 bits per heavy atom. The molecule has 0 spiro atoms. The minimum atomic E-state index is -0.409. The predicted molar refractivity (Wildman–Crippen MR) is 83.4 cm³/mol. The maximum Gasteiger partial charge on any atom is 0.165 e. The van der Waals surface area contributed by atoms with Crippen LogP contribution in [0.15, 0.2) is 42.5 Å². The summed E-state index contributed by atoms with van der Waals surface area (Å²) in [6.45, 7) is 1.94. The highest BCUT2D eigenvalue weighted by Gasteiger charge is 2.07. The van der Waals surface area contributed by atoms with Crippen molar-refractivity contribution in [1.29, 1.82) is 0 Å². The summed E-state index contributed by atoms with van der Waals surface area (Å²) in [6.07, 6.45) is 3.69. The molecule has 0 radical (unpaired) electrons. The first-order valence-corrected chi connectivity index (χ1v) is 6.90. The van der Waals surface area contributed by atoms with Crippen LogP contribution in [-0.2, 0) is 0 Å². The van der Waals surface area contributed by atoms with Gasteiger partial charge in [-0.3, -0.25) is 0 Å². The van der Waals surface area contributed by atoms with Crippen LogP contribution >= 0.6 is 0 Å². The number of ether oxygens (including phenoxy) is 2. The molecule has 2 aromatic rings. The molecule has 1 unspecified atom stereocenters. The molecule has 0 saturated carbocycles. The number of benzene rings is 2. The number of halogens is 2. The molecule has 0 heterocycles. The Bertz CT molecular complexity index is 681. The zero-order valence-electron chi connectivity index (χ0n) is 12.8.